The number of hydrogen-bond acceptors (Lipinski definition) is 2. The topological polar surface area (TPSA) is 29.1 Å². The minimum Gasteiger partial charge on any atom is -0.310 e. The molecule has 2 bridgehead atoms. The second-order valence-electron chi connectivity index (χ2n) is 3.08. The smallest absolute Gasteiger partial charge is 0.136 e. The number of ketones is 1. The SMILES string of the molecule is O=C1C[C@H]2CC[C@H](C1)N2. The van der Waals surface area contributed by atoms with Gasteiger partial charge < -0.3 is 5.32 Å². The molecule has 0 aromatic carbocycles. The van der Waals surface area contributed by atoms with Gasteiger partial charge in [-0.3, -0.25) is 4.79 Å². The maximum atomic E-state index is 10.9. The van der Waals surface area contributed by atoms with E-state index in [2.05, 4.69) is 5.32 Å². The third-order valence-electron chi connectivity index (χ3n) is 2.28. The van der Waals surface area contributed by atoms with E-state index in [0.717, 1.165) is 12.8 Å². The lowest BCUT2D eigenvalue weighted by molar-refractivity contribution is -0.120. The van der Waals surface area contributed by atoms with E-state index in [4.69, 9.17) is 0 Å². The summed E-state index contributed by atoms with van der Waals surface area (Å²) in [5.74, 6) is 0.459. The van der Waals surface area contributed by atoms with Crippen LogP contribution in [-0.4, -0.2) is 17.9 Å². The summed E-state index contributed by atoms with van der Waals surface area (Å²) in [6.45, 7) is 0. The predicted octanol–water partition coefficient (Wildman–Crippen LogP) is 0.470. The first-order valence-electron chi connectivity index (χ1n) is 3.62. The van der Waals surface area contributed by atoms with Gasteiger partial charge in [0.25, 0.3) is 0 Å². The number of rotatable bonds is 0. The van der Waals surface area contributed by atoms with Crippen LogP contribution in [0, 0.1) is 0 Å². The molecule has 2 saturated heterocycles. The summed E-state index contributed by atoms with van der Waals surface area (Å²) in [5.41, 5.74) is 0. The van der Waals surface area contributed by atoms with Gasteiger partial charge >= 0.3 is 0 Å². The molecule has 0 spiro atoms. The third-order valence-corrected chi connectivity index (χ3v) is 2.28. The van der Waals surface area contributed by atoms with Crippen molar-refractivity contribution in [2.24, 2.45) is 0 Å². The molecule has 0 amide bonds. The largest absolute Gasteiger partial charge is 0.310 e. The van der Waals surface area contributed by atoms with Crippen LogP contribution >= 0.6 is 0 Å². The Morgan fingerprint density at radius 1 is 1.22 bits per heavy atom. The lowest BCUT2D eigenvalue weighted by atomic mass is 10.1. The Kier molecular flexibility index (Phi) is 1.09. The zero-order valence-corrected chi connectivity index (χ0v) is 5.39. The Balaban J connectivity index is 2.11. The summed E-state index contributed by atoms with van der Waals surface area (Å²) in [6, 6.07) is 1.08. The average Bonchev–Trinajstić information content (AvgIpc) is 2.11. The summed E-state index contributed by atoms with van der Waals surface area (Å²) in [4.78, 5) is 10.9. The van der Waals surface area contributed by atoms with Crippen LogP contribution < -0.4 is 5.32 Å². The molecule has 0 radical (unpaired) electrons. The van der Waals surface area contributed by atoms with E-state index >= 15 is 0 Å². The van der Waals surface area contributed by atoms with E-state index in [1.807, 2.05) is 0 Å². The van der Waals surface area contributed by atoms with E-state index in [9.17, 15) is 4.79 Å². The van der Waals surface area contributed by atoms with Gasteiger partial charge in [0.2, 0.25) is 0 Å². The molecule has 2 heteroatoms. The third kappa shape index (κ3) is 0.874. The molecule has 0 aliphatic carbocycles. The van der Waals surface area contributed by atoms with Crippen molar-refractivity contribution < 1.29 is 4.79 Å². The molecule has 0 unspecified atom stereocenters. The van der Waals surface area contributed by atoms with Crippen molar-refractivity contribution in [1.82, 2.24) is 5.32 Å². The normalized spacial score (nSPS) is 41.6. The Bertz CT molecular complexity index is 130. The highest BCUT2D eigenvalue weighted by Crippen LogP contribution is 2.23. The van der Waals surface area contributed by atoms with E-state index < -0.39 is 0 Å². The molecular formula is C7H11NO. The fourth-order valence-corrected chi connectivity index (χ4v) is 1.86. The Labute approximate surface area is 54.6 Å². The highest BCUT2D eigenvalue weighted by Gasteiger charge is 2.31. The molecule has 1 N–H and O–H groups in total. The van der Waals surface area contributed by atoms with Gasteiger partial charge in [0.15, 0.2) is 0 Å². The van der Waals surface area contributed by atoms with Gasteiger partial charge in [-0.15, -0.1) is 0 Å². The minimum atomic E-state index is 0.459. The van der Waals surface area contributed by atoms with E-state index in [0.29, 0.717) is 17.9 Å². The maximum Gasteiger partial charge on any atom is 0.136 e. The molecule has 2 rings (SSSR count). The number of piperidine rings is 1. The number of carbonyl (C=O) groups is 1. The molecule has 9 heavy (non-hydrogen) atoms. The zero-order valence-electron chi connectivity index (χ0n) is 5.39. The summed E-state index contributed by atoms with van der Waals surface area (Å²) in [6.07, 6.45) is 4.01. The van der Waals surface area contributed by atoms with Gasteiger partial charge in [-0.1, -0.05) is 0 Å². The van der Waals surface area contributed by atoms with Crippen LogP contribution in [0.4, 0.5) is 0 Å². The lowest BCUT2D eigenvalue weighted by Crippen LogP contribution is -2.38. The first-order valence-corrected chi connectivity index (χ1v) is 3.62. The second-order valence-corrected chi connectivity index (χ2v) is 3.08. The summed E-state index contributed by atoms with van der Waals surface area (Å²) in [7, 11) is 0. The molecule has 2 aliphatic heterocycles. The number of Topliss-reactive ketones (excluding diaryl/α,β-unsaturated/α-hetero) is 1. The lowest BCUT2D eigenvalue weighted by Gasteiger charge is -2.18. The Morgan fingerprint density at radius 2 is 1.78 bits per heavy atom. The Morgan fingerprint density at radius 3 is 2.33 bits per heavy atom. The maximum absolute atomic E-state index is 10.9. The quantitative estimate of drug-likeness (QED) is 0.510. The Hall–Kier alpha value is -0.370. The van der Waals surface area contributed by atoms with Crippen molar-refractivity contribution in [3.63, 3.8) is 0 Å². The summed E-state index contributed by atoms with van der Waals surface area (Å²) in [5, 5.41) is 3.40. The van der Waals surface area contributed by atoms with Crippen molar-refractivity contribution in [3.8, 4) is 0 Å². The number of carbonyl (C=O) groups excluding carboxylic acids is 1. The highest BCUT2D eigenvalue weighted by molar-refractivity contribution is 5.80. The molecule has 2 nitrogen and oxygen atoms in total. The van der Waals surface area contributed by atoms with Gasteiger partial charge in [-0.2, -0.15) is 0 Å². The van der Waals surface area contributed by atoms with Crippen LogP contribution in [0.15, 0.2) is 0 Å². The van der Waals surface area contributed by atoms with Crippen LogP contribution in [0.2, 0.25) is 0 Å². The van der Waals surface area contributed by atoms with E-state index in [1.54, 1.807) is 0 Å². The van der Waals surface area contributed by atoms with Gasteiger partial charge in [0.1, 0.15) is 5.78 Å². The average molecular weight is 125 g/mol. The van der Waals surface area contributed by atoms with Crippen molar-refractivity contribution >= 4 is 5.78 Å². The molecule has 2 fully saturated rings. The van der Waals surface area contributed by atoms with Gasteiger partial charge in [0, 0.05) is 24.9 Å². The molecule has 0 aromatic rings. The molecule has 50 valence electrons. The monoisotopic (exact) mass is 125 g/mol. The van der Waals surface area contributed by atoms with Crippen molar-refractivity contribution in [2.75, 3.05) is 0 Å². The first-order chi connectivity index (χ1) is 4.34. The van der Waals surface area contributed by atoms with Crippen LogP contribution in [0.1, 0.15) is 25.7 Å². The predicted molar refractivity (Wildman–Crippen MR) is 34.2 cm³/mol. The standard InChI is InChI=1S/C7H11NO/c9-7-3-5-1-2-6(4-7)8-5/h5-6,8H,1-4H2/t5-,6-/m1/s1. The first kappa shape index (κ1) is 5.42. The van der Waals surface area contributed by atoms with Crippen molar-refractivity contribution in [1.29, 1.82) is 0 Å². The van der Waals surface area contributed by atoms with E-state index in [-0.39, 0.29) is 0 Å². The van der Waals surface area contributed by atoms with Gasteiger partial charge in [0.05, 0.1) is 0 Å². The highest BCUT2D eigenvalue weighted by atomic mass is 16.1. The molecule has 2 aliphatic rings. The molecular weight excluding hydrogens is 114 g/mol. The zero-order chi connectivity index (χ0) is 6.27. The molecule has 0 aromatic heterocycles. The van der Waals surface area contributed by atoms with Gasteiger partial charge in [-0.05, 0) is 12.8 Å². The van der Waals surface area contributed by atoms with E-state index in [1.165, 1.54) is 12.8 Å². The van der Waals surface area contributed by atoms with Crippen molar-refractivity contribution in [2.45, 2.75) is 37.8 Å². The van der Waals surface area contributed by atoms with Crippen LogP contribution in [0.3, 0.4) is 0 Å². The minimum absolute atomic E-state index is 0.459. The molecule has 2 heterocycles. The number of fused-ring (bicyclic) bond motifs is 2. The summed E-state index contributed by atoms with van der Waals surface area (Å²) >= 11 is 0. The van der Waals surface area contributed by atoms with Crippen LogP contribution in [0.5, 0.6) is 0 Å². The number of nitrogens with one attached hydrogen (secondary N) is 1. The number of hydrogen-bond donors (Lipinski definition) is 1. The van der Waals surface area contributed by atoms with Crippen LogP contribution in [-0.2, 0) is 4.79 Å². The van der Waals surface area contributed by atoms with Crippen molar-refractivity contribution in [3.05, 3.63) is 0 Å². The van der Waals surface area contributed by atoms with Crippen LogP contribution in [0.25, 0.3) is 0 Å². The second kappa shape index (κ2) is 1.81. The fourth-order valence-electron chi connectivity index (χ4n) is 1.86. The van der Waals surface area contributed by atoms with Gasteiger partial charge in [-0.25, -0.2) is 0 Å². The molecule has 2 atom stereocenters. The fraction of sp³-hybridized carbons (Fsp3) is 0.857. The molecule has 0 saturated carbocycles. The summed E-state index contributed by atoms with van der Waals surface area (Å²) < 4.78 is 0.